The fourth-order valence-corrected chi connectivity index (χ4v) is 6.56. The van der Waals surface area contributed by atoms with Crippen molar-refractivity contribution in [2.45, 2.75) is 58.9 Å². The fourth-order valence-electron chi connectivity index (χ4n) is 5.70. The minimum Gasteiger partial charge on any atom is -0.342 e. The molecule has 1 unspecified atom stereocenters. The van der Waals surface area contributed by atoms with Gasteiger partial charge in [0.1, 0.15) is 5.82 Å². The second-order valence-electron chi connectivity index (χ2n) is 10.5. The summed E-state index contributed by atoms with van der Waals surface area (Å²) in [5.41, 5.74) is 1.76. The molecule has 0 bridgehead atoms. The zero-order valence-electron chi connectivity index (χ0n) is 22.5. The number of thiazole rings is 1. The monoisotopic (exact) mass is 543 g/mol. The van der Waals surface area contributed by atoms with Crippen molar-refractivity contribution in [3.05, 3.63) is 46.2 Å². The lowest BCUT2D eigenvalue weighted by molar-refractivity contribution is -0.133. The molecule has 4 rings (SSSR count). The molecule has 206 valence electrons. The molecule has 3 atom stereocenters. The van der Waals surface area contributed by atoms with Crippen molar-refractivity contribution in [1.82, 2.24) is 20.1 Å². The number of urea groups is 1. The number of ketones is 1. The smallest absolute Gasteiger partial charge is 0.321 e. The first-order valence-corrected chi connectivity index (χ1v) is 14.3. The Kier molecular flexibility index (Phi) is 9.49. The van der Waals surface area contributed by atoms with Gasteiger partial charge in [-0.2, -0.15) is 0 Å². The van der Waals surface area contributed by atoms with Gasteiger partial charge in [0.25, 0.3) is 0 Å². The lowest BCUT2D eigenvalue weighted by Crippen LogP contribution is -2.56. The summed E-state index contributed by atoms with van der Waals surface area (Å²) in [6, 6.07) is 6.35. The summed E-state index contributed by atoms with van der Waals surface area (Å²) in [4.78, 5) is 46.4. The molecule has 2 fully saturated rings. The summed E-state index contributed by atoms with van der Waals surface area (Å²) >= 11 is 1.18. The van der Waals surface area contributed by atoms with Crippen LogP contribution in [-0.2, 0) is 11.2 Å². The van der Waals surface area contributed by atoms with Gasteiger partial charge in [0, 0.05) is 51.5 Å². The Labute approximate surface area is 228 Å². The highest BCUT2D eigenvalue weighted by Gasteiger charge is 2.34. The van der Waals surface area contributed by atoms with E-state index in [0.29, 0.717) is 47.6 Å². The van der Waals surface area contributed by atoms with E-state index in [1.807, 2.05) is 24.0 Å². The molecule has 10 heteroatoms. The molecule has 1 aromatic carbocycles. The van der Waals surface area contributed by atoms with E-state index in [4.69, 9.17) is 0 Å². The van der Waals surface area contributed by atoms with Crippen LogP contribution < -0.4 is 10.6 Å². The number of rotatable bonds is 8. The minimum atomic E-state index is -0.341. The number of Topliss-reactive ketones (excluding diaryl/α,β-unsaturated/α-hetero) is 1. The number of nitrogens with one attached hydrogen (secondary N) is 2. The van der Waals surface area contributed by atoms with Crippen LogP contribution in [0, 0.1) is 24.6 Å². The van der Waals surface area contributed by atoms with Gasteiger partial charge in [-0.15, -0.1) is 0 Å². The number of amides is 3. The van der Waals surface area contributed by atoms with Crippen molar-refractivity contribution in [2.24, 2.45) is 11.8 Å². The quantitative estimate of drug-likeness (QED) is 0.479. The van der Waals surface area contributed by atoms with Crippen LogP contribution in [0.5, 0.6) is 0 Å². The minimum absolute atomic E-state index is 0.0688. The van der Waals surface area contributed by atoms with E-state index in [0.717, 1.165) is 44.5 Å². The van der Waals surface area contributed by atoms with Crippen LogP contribution in [0.25, 0.3) is 0 Å². The van der Waals surface area contributed by atoms with E-state index in [1.54, 1.807) is 6.92 Å². The molecular formula is C28H38FN5O3S. The Morgan fingerprint density at radius 1 is 1.13 bits per heavy atom. The van der Waals surface area contributed by atoms with Gasteiger partial charge in [0.05, 0.1) is 10.6 Å². The maximum Gasteiger partial charge on any atom is 0.321 e. The standard InChI is InChI=1S/C28H38FN5O3S/c1-4-25(36)34-13-11-24(31-27(37)32-28-30-18(2)26(38-28)19(3)35)22(17-34)16-33-12-5-6-21(15-33)14-20-7-9-23(29)10-8-20/h7-10,21-22,24H,4-6,11-17H2,1-3H3,(H2,30,31,32,37)/t21?,22-,24-/m1/s1. The molecular weight excluding hydrogens is 505 g/mol. The Bertz CT molecular complexity index is 1140. The van der Waals surface area contributed by atoms with Gasteiger partial charge in [-0.3, -0.25) is 14.9 Å². The number of carbonyl (C=O) groups excluding carboxylic acids is 3. The van der Waals surface area contributed by atoms with E-state index in [2.05, 4.69) is 20.5 Å². The number of aromatic nitrogens is 1. The number of nitrogens with zero attached hydrogens (tertiary/aromatic N) is 3. The third-order valence-corrected chi connectivity index (χ3v) is 8.75. The number of hydrogen-bond acceptors (Lipinski definition) is 6. The summed E-state index contributed by atoms with van der Waals surface area (Å²) in [5.74, 6) is 0.445. The molecule has 2 aliphatic rings. The van der Waals surface area contributed by atoms with Gasteiger partial charge in [0.15, 0.2) is 10.9 Å². The van der Waals surface area contributed by atoms with E-state index < -0.39 is 0 Å². The van der Waals surface area contributed by atoms with Crippen LogP contribution in [0.2, 0.25) is 0 Å². The first-order valence-electron chi connectivity index (χ1n) is 13.5. The molecule has 0 aliphatic carbocycles. The highest BCUT2D eigenvalue weighted by atomic mass is 32.1. The van der Waals surface area contributed by atoms with Gasteiger partial charge < -0.3 is 15.1 Å². The molecule has 1 aromatic heterocycles. The highest BCUT2D eigenvalue weighted by molar-refractivity contribution is 7.17. The molecule has 38 heavy (non-hydrogen) atoms. The zero-order valence-corrected chi connectivity index (χ0v) is 23.3. The second-order valence-corrected chi connectivity index (χ2v) is 11.5. The predicted molar refractivity (Wildman–Crippen MR) is 147 cm³/mol. The van der Waals surface area contributed by atoms with Crippen molar-refractivity contribution >= 4 is 34.2 Å². The van der Waals surface area contributed by atoms with Crippen LogP contribution in [0.3, 0.4) is 0 Å². The number of halogens is 1. The topological polar surface area (TPSA) is 94.6 Å². The molecule has 0 spiro atoms. The molecule has 2 aliphatic heterocycles. The number of aryl methyl sites for hydroxylation is 1. The molecule has 2 saturated heterocycles. The Morgan fingerprint density at radius 2 is 1.89 bits per heavy atom. The van der Waals surface area contributed by atoms with Crippen molar-refractivity contribution < 1.29 is 18.8 Å². The molecule has 8 nitrogen and oxygen atoms in total. The van der Waals surface area contributed by atoms with Crippen LogP contribution in [0.4, 0.5) is 14.3 Å². The average Bonchev–Trinajstić information content (AvgIpc) is 3.26. The molecule has 0 saturated carbocycles. The van der Waals surface area contributed by atoms with Crippen LogP contribution in [0.15, 0.2) is 24.3 Å². The first-order chi connectivity index (χ1) is 18.2. The second kappa shape index (κ2) is 12.8. The van der Waals surface area contributed by atoms with Crippen LogP contribution in [-0.4, -0.2) is 71.3 Å². The number of benzene rings is 1. The van der Waals surface area contributed by atoms with E-state index >= 15 is 0 Å². The van der Waals surface area contributed by atoms with Gasteiger partial charge in [-0.1, -0.05) is 30.4 Å². The Hall–Kier alpha value is -2.85. The molecule has 2 N–H and O–H groups in total. The lowest BCUT2D eigenvalue weighted by atomic mass is 9.88. The number of anilines is 1. The van der Waals surface area contributed by atoms with Crippen molar-refractivity contribution in [3.8, 4) is 0 Å². The fraction of sp³-hybridized carbons (Fsp3) is 0.571. The molecule has 2 aromatic rings. The van der Waals surface area contributed by atoms with Gasteiger partial charge in [-0.05, 0) is 62.8 Å². The van der Waals surface area contributed by atoms with Gasteiger partial charge in [-0.25, -0.2) is 14.2 Å². The first kappa shape index (κ1) is 28.2. The molecule has 3 heterocycles. The van der Waals surface area contributed by atoms with E-state index in [1.165, 1.54) is 30.4 Å². The van der Waals surface area contributed by atoms with Crippen molar-refractivity contribution in [2.75, 3.05) is 38.0 Å². The van der Waals surface area contributed by atoms with Gasteiger partial charge >= 0.3 is 6.03 Å². The van der Waals surface area contributed by atoms with Crippen molar-refractivity contribution in [3.63, 3.8) is 0 Å². The van der Waals surface area contributed by atoms with Gasteiger partial charge in [0.2, 0.25) is 5.91 Å². The third kappa shape index (κ3) is 7.38. The maximum atomic E-state index is 13.3. The lowest BCUT2D eigenvalue weighted by Gasteiger charge is -2.42. The number of carbonyl (C=O) groups is 3. The molecule has 3 amide bonds. The number of hydrogen-bond donors (Lipinski definition) is 2. The Balaban J connectivity index is 1.39. The SMILES string of the molecule is CCC(=O)N1CC[C@@H](NC(=O)Nc2nc(C)c(C(C)=O)s2)[C@H](CN2CCCC(Cc3ccc(F)cc3)C2)C1. The highest BCUT2D eigenvalue weighted by Crippen LogP contribution is 2.26. The van der Waals surface area contributed by atoms with Crippen molar-refractivity contribution in [1.29, 1.82) is 0 Å². The maximum absolute atomic E-state index is 13.3. The van der Waals surface area contributed by atoms with E-state index in [9.17, 15) is 18.8 Å². The normalized spacial score (nSPS) is 22.2. The number of piperidine rings is 2. The van der Waals surface area contributed by atoms with Crippen LogP contribution in [0.1, 0.15) is 60.5 Å². The van der Waals surface area contributed by atoms with Crippen LogP contribution >= 0.6 is 11.3 Å². The number of likely N-dealkylation sites (tertiary alicyclic amines) is 2. The summed E-state index contributed by atoms with van der Waals surface area (Å²) < 4.78 is 13.3. The largest absolute Gasteiger partial charge is 0.342 e. The summed E-state index contributed by atoms with van der Waals surface area (Å²) in [5, 5.41) is 6.33. The summed E-state index contributed by atoms with van der Waals surface area (Å²) in [6.07, 6.45) is 4.31. The third-order valence-electron chi connectivity index (χ3n) is 7.58. The summed E-state index contributed by atoms with van der Waals surface area (Å²) in [6.45, 7) is 9.09. The molecule has 0 radical (unpaired) electrons. The zero-order chi connectivity index (χ0) is 27.2. The predicted octanol–water partition coefficient (Wildman–Crippen LogP) is 4.50. The van der Waals surface area contributed by atoms with E-state index in [-0.39, 0.29) is 35.5 Å². The Morgan fingerprint density at radius 3 is 2.58 bits per heavy atom. The average molecular weight is 544 g/mol. The summed E-state index contributed by atoms with van der Waals surface area (Å²) in [7, 11) is 0.